The number of rotatable bonds is 3. The van der Waals surface area contributed by atoms with Gasteiger partial charge in [0.2, 0.25) is 0 Å². The van der Waals surface area contributed by atoms with Crippen LogP contribution in [0.3, 0.4) is 0 Å². The molecule has 16 aromatic carbocycles. The third-order valence-electron chi connectivity index (χ3n) is 17.6. The first kappa shape index (κ1) is 42.0. The van der Waals surface area contributed by atoms with Crippen molar-refractivity contribution < 1.29 is 0 Å². The molecule has 0 atom stereocenters. The van der Waals surface area contributed by atoms with Gasteiger partial charge >= 0.3 is 0 Å². The number of hydrogen-bond acceptors (Lipinski definition) is 0. The lowest BCUT2D eigenvalue weighted by Crippen LogP contribution is -1.96. The van der Waals surface area contributed by atoms with Crippen LogP contribution in [0.25, 0.3) is 174 Å². The highest BCUT2D eigenvalue weighted by atomic mass is 15.0. The third kappa shape index (κ3) is 5.60. The molecule has 0 aliphatic heterocycles. The average molecular weight is 985 g/mol. The van der Waals surface area contributed by atoms with Crippen molar-refractivity contribution in [1.29, 1.82) is 0 Å². The van der Waals surface area contributed by atoms with E-state index in [2.05, 4.69) is 276 Å². The number of benzene rings is 16. The summed E-state index contributed by atoms with van der Waals surface area (Å²) >= 11 is 0. The molecule has 0 spiro atoms. The van der Waals surface area contributed by atoms with Crippen LogP contribution < -0.4 is 0 Å². The van der Waals surface area contributed by atoms with Crippen LogP contribution >= 0.6 is 0 Å². The summed E-state index contributed by atoms with van der Waals surface area (Å²) in [6.45, 7) is 0. The van der Waals surface area contributed by atoms with Gasteiger partial charge in [-0.05, 0) is 173 Å². The number of fused-ring (bicyclic) bond motifs is 28. The van der Waals surface area contributed by atoms with Crippen molar-refractivity contribution in [3.8, 4) is 22.5 Å². The van der Waals surface area contributed by atoms with Gasteiger partial charge in [-0.2, -0.15) is 0 Å². The second-order valence-electron chi connectivity index (χ2n) is 21.4. The topological polar surface area (TPSA) is 9.86 Å². The van der Waals surface area contributed by atoms with Crippen molar-refractivity contribution in [2.24, 2.45) is 0 Å². The van der Waals surface area contributed by atoms with Crippen LogP contribution in [-0.4, -0.2) is 9.13 Å². The molecule has 18 aromatic rings. The monoisotopic (exact) mass is 984 g/mol. The average Bonchev–Trinajstić information content (AvgIpc) is 4.17. The van der Waals surface area contributed by atoms with E-state index >= 15 is 0 Å². The van der Waals surface area contributed by atoms with Crippen LogP contribution in [0.4, 0.5) is 0 Å². The highest BCUT2D eigenvalue weighted by Gasteiger charge is 2.22. The van der Waals surface area contributed by atoms with Gasteiger partial charge in [0, 0.05) is 32.9 Å². The normalized spacial score (nSPS) is 12.4. The highest BCUT2D eigenvalue weighted by molar-refractivity contribution is 6.41. The second-order valence-corrected chi connectivity index (χ2v) is 21.4. The van der Waals surface area contributed by atoms with Crippen molar-refractivity contribution in [3.63, 3.8) is 0 Å². The van der Waals surface area contributed by atoms with E-state index in [-0.39, 0.29) is 0 Å². The molecule has 0 bridgehead atoms. The maximum absolute atomic E-state index is 2.50. The lowest BCUT2D eigenvalue weighted by Gasteiger charge is -2.18. The predicted molar refractivity (Wildman–Crippen MR) is 336 cm³/mol. The number of hydrogen-bond donors (Lipinski definition) is 0. The fourth-order valence-electron chi connectivity index (χ4n) is 14.4. The molecule has 2 heteroatoms. The fraction of sp³-hybridized carbons (Fsp3) is 0. The number of aromatic nitrogens is 2. The van der Waals surface area contributed by atoms with E-state index in [4.69, 9.17) is 0 Å². The van der Waals surface area contributed by atoms with Gasteiger partial charge in [0.25, 0.3) is 0 Å². The van der Waals surface area contributed by atoms with E-state index in [1.807, 2.05) is 0 Å². The molecular formula is C76H44N2. The lowest BCUT2D eigenvalue weighted by atomic mass is 9.87. The SMILES string of the molecule is c1ccc2c(c1)c1ccccc1c1c3cc(-n4c5ccccc5c5cc(-c6ccc7c8ccccc8n(-c8ccc9c%10ccccc%10c%10c%11ccccc%11c%11ccccc%11c%10c9c8)c7c6)ccc54)ccc3c3ccccc3c21. The molecule has 78 heavy (non-hydrogen) atoms. The Balaban J connectivity index is 0.853. The van der Waals surface area contributed by atoms with Crippen LogP contribution in [-0.2, 0) is 0 Å². The maximum Gasteiger partial charge on any atom is 0.0547 e. The van der Waals surface area contributed by atoms with Gasteiger partial charge in [-0.25, -0.2) is 0 Å². The molecule has 18 rings (SSSR count). The molecule has 0 unspecified atom stereocenters. The Hall–Kier alpha value is -10.3. The lowest BCUT2D eigenvalue weighted by molar-refractivity contribution is 1.19. The first-order valence-electron chi connectivity index (χ1n) is 27.2. The Kier molecular flexibility index (Phi) is 8.42. The Morgan fingerprint density at radius 2 is 0.423 bits per heavy atom. The van der Waals surface area contributed by atoms with Gasteiger partial charge in [0.1, 0.15) is 0 Å². The molecule has 0 saturated carbocycles. The quantitative estimate of drug-likeness (QED) is 0.156. The minimum absolute atomic E-state index is 1.15. The van der Waals surface area contributed by atoms with Crippen LogP contribution in [0.15, 0.2) is 267 Å². The molecule has 0 aliphatic rings. The first-order chi connectivity index (χ1) is 38.7. The van der Waals surface area contributed by atoms with Gasteiger partial charge in [0.05, 0.1) is 22.1 Å². The summed E-state index contributed by atoms with van der Waals surface area (Å²) in [5.74, 6) is 0. The van der Waals surface area contributed by atoms with Gasteiger partial charge in [0.15, 0.2) is 0 Å². The van der Waals surface area contributed by atoms with E-state index in [0.717, 1.165) is 11.4 Å². The maximum atomic E-state index is 2.50. The van der Waals surface area contributed by atoms with E-state index in [9.17, 15) is 0 Å². The Morgan fingerprint density at radius 3 is 0.846 bits per heavy atom. The molecule has 2 nitrogen and oxygen atoms in total. The Labute approximate surface area is 447 Å². The molecular weight excluding hydrogens is 941 g/mol. The van der Waals surface area contributed by atoms with Crippen molar-refractivity contribution in [2.45, 2.75) is 0 Å². The zero-order valence-electron chi connectivity index (χ0n) is 42.3. The van der Waals surface area contributed by atoms with Gasteiger partial charge in [-0.15, -0.1) is 0 Å². The van der Waals surface area contributed by atoms with Gasteiger partial charge in [-0.3, -0.25) is 0 Å². The Bertz CT molecular complexity index is 5660. The molecule has 0 saturated heterocycles. The summed E-state index contributed by atoms with van der Waals surface area (Å²) in [6, 6.07) is 100. The number of para-hydroxylation sites is 2. The van der Waals surface area contributed by atoms with Crippen LogP contribution in [0, 0.1) is 0 Å². The molecule has 358 valence electrons. The van der Waals surface area contributed by atoms with Crippen LogP contribution in [0.1, 0.15) is 0 Å². The third-order valence-corrected chi connectivity index (χ3v) is 17.6. The zero-order chi connectivity index (χ0) is 50.7. The van der Waals surface area contributed by atoms with E-state index in [1.54, 1.807) is 0 Å². The molecule has 0 radical (unpaired) electrons. The van der Waals surface area contributed by atoms with Crippen LogP contribution in [0.5, 0.6) is 0 Å². The minimum atomic E-state index is 1.15. The standard InChI is InChI=1S/C76H44N2/c1-7-25-60-49(17-1)51-19-3-11-29-64(51)75-67-43-47(35-38-55(67)53-21-5-9-27-62(53)73(60)75)77-70-32-16-14-24-58(70)66-41-45(34-40-71(66)77)46-33-37-59-57-23-13-15-31-69(57)78(72(59)42-46)48-36-39-56-54-22-6-10-28-63(54)74-61-26-8-2-18-50(61)52-20-4-12-30-65(52)76(74)68(56)44-48/h1-44H. The molecule has 0 aliphatic carbocycles. The molecule has 0 fully saturated rings. The minimum Gasteiger partial charge on any atom is -0.309 e. The zero-order valence-corrected chi connectivity index (χ0v) is 42.3. The molecule has 2 aromatic heterocycles. The Morgan fingerprint density at radius 1 is 0.154 bits per heavy atom. The van der Waals surface area contributed by atoms with Crippen molar-refractivity contribution in [2.75, 3.05) is 0 Å². The smallest absolute Gasteiger partial charge is 0.0547 e. The van der Waals surface area contributed by atoms with Crippen molar-refractivity contribution in [3.05, 3.63) is 267 Å². The second kappa shape index (κ2) is 15.6. The van der Waals surface area contributed by atoms with Crippen molar-refractivity contribution in [1.82, 2.24) is 9.13 Å². The summed E-state index contributed by atoms with van der Waals surface area (Å²) in [4.78, 5) is 0. The summed E-state index contributed by atoms with van der Waals surface area (Å²) in [6.07, 6.45) is 0. The number of nitrogens with zero attached hydrogens (tertiary/aromatic N) is 2. The molecule has 0 amide bonds. The van der Waals surface area contributed by atoms with Gasteiger partial charge < -0.3 is 9.13 Å². The summed E-state index contributed by atoms with van der Waals surface area (Å²) in [5.41, 5.74) is 9.43. The largest absolute Gasteiger partial charge is 0.309 e. The van der Waals surface area contributed by atoms with E-state index in [0.29, 0.717) is 0 Å². The summed E-state index contributed by atoms with van der Waals surface area (Å²) in [5, 5.41) is 30.7. The summed E-state index contributed by atoms with van der Waals surface area (Å²) < 4.78 is 4.98. The predicted octanol–water partition coefficient (Wildman–Crippen LogP) is 21.1. The molecule has 2 heterocycles. The fourth-order valence-corrected chi connectivity index (χ4v) is 14.4. The summed E-state index contributed by atoms with van der Waals surface area (Å²) in [7, 11) is 0. The molecule has 0 N–H and O–H groups in total. The van der Waals surface area contributed by atoms with E-state index in [1.165, 1.54) is 162 Å². The highest BCUT2D eigenvalue weighted by Crippen LogP contribution is 2.48. The van der Waals surface area contributed by atoms with Crippen LogP contribution in [0.2, 0.25) is 0 Å². The van der Waals surface area contributed by atoms with E-state index < -0.39 is 0 Å². The van der Waals surface area contributed by atoms with Gasteiger partial charge in [-0.1, -0.05) is 212 Å². The first-order valence-corrected chi connectivity index (χ1v) is 27.2. The van der Waals surface area contributed by atoms with Crippen molar-refractivity contribution >= 4 is 151 Å².